The van der Waals surface area contributed by atoms with Crippen molar-refractivity contribution in [2.45, 2.75) is 85.4 Å². The number of ether oxygens (including phenoxy) is 1. The molecule has 0 aliphatic heterocycles. The molecule has 0 heterocycles. The van der Waals surface area contributed by atoms with Crippen molar-refractivity contribution in [3.63, 3.8) is 0 Å². The second kappa shape index (κ2) is 6.99. The van der Waals surface area contributed by atoms with E-state index in [9.17, 15) is 4.79 Å². The van der Waals surface area contributed by atoms with E-state index in [-0.39, 0.29) is 6.09 Å². The Morgan fingerprint density at radius 1 is 1.24 bits per heavy atom. The van der Waals surface area contributed by atoms with Gasteiger partial charge < -0.3 is 15.4 Å². The molecule has 0 saturated heterocycles. The Kier molecular flexibility index (Phi) is 6.09. The summed E-state index contributed by atoms with van der Waals surface area (Å²) in [6.45, 7) is 15.3. The Bertz CT molecular complexity index is 343. The number of carbonyl (C=O) groups is 1. The Morgan fingerprint density at radius 2 is 1.81 bits per heavy atom. The fraction of sp³-hybridized carbons (Fsp3) is 0.941. The maximum atomic E-state index is 11.8. The van der Waals surface area contributed by atoms with Gasteiger partial charge in [-0.2, -0.15) is 0 Å². The molecule has 1 amide bonds. The smallest absolute Gasteiger partial charge is 0.407 e. The monoisotopic (exact) mass is 298 g/mol. The summed E-state index contributed by atoms with van der Waals surface area (Å²) in [7, 11) is 0. The van der Waals surface area contributed by atoms with Gasteiger partial charge in [-0.1, -0.05) is 20.8 Å². The number of hydrogen-bond donors (Lipinski definition) is 2. The van der Waals surface area contributed by atoms with Crippen molar-refractivity contribution in [3.8, 4) is 0 Å². The highest BCUT2D eigenvalue weighted by atomic mass is 16.6. The van der Waals surface area contributed by atoms with Gasteiger partial charge in [0.25, 0.3) is 0 Å². The number of amides is 1. The number of rotatable bonds is 7. The van der Waals surface area contributed by atoms with Gasteiger partial charge in [-0.25, -0.2) is 4.79 Å². The van der Waals surface area contributed by atoms with Crippen molar-refractivity contribution in [3.05, 3.63) is 0 Å². The van der Waals surface area contributed by atoms with Crippen LogP contribution < -0.4 is 10.6 Å². The van der Waals surface area contributed by atoms with Crippen molar-refractivity contribution in [2.24, 2.45) is 11.3 Å². The highest BCUT2D eigenvalue weighted by molar-refractivity contribution is 5.67. The lowest BCUT2D eigenvalue weighted by atomic mass is 9.97. The summed E-state index contributed by atoms with van der Waals surface area (Å²) in [5.74, 6) is 0.599. The van der Waals surface area contributed by atoms with Crippen LogP contribution in [0.5, 0.6) is 0 Å². The van der Waals surface area contributed by atoms with Crippen molar-refractivity contribution in [2.75, 3.05) is 6.54 Å². The van der Waals surface area contributed by atoms with E-state index in [0.29, 0.717) is 30.0 Å². The van der Waals surface area contributed by atoms with E-state index in [1.54, 1.807) is 0 Å². The number of alkyl carbamates (subject to hydrolysis) is 1. The first-order valence-electron chi connectivity index (χ1n) is 8.25. The molecule has 1 saturated carbocycles. The first-order chi connectivity index (χ1) is 9.52. The molecule has 0 radical (unpaired) electrons. The van der Waals surface area contributed by atoms with Gasteiger partial charge in [0.15, 0.2) is 0 Å². The second-order valence-electron chi connectivity index (χ2n) is 8.25. The lowest BCUT2D eigenvalue weighted by molar-refractivity contribution is 0.0519. The predicted molar refractivity (Wildman–Crippen MR) is 87.4 cm³/mol. The molecule has 2 unspecified atom stereocenters. The molecule has 0 aromatic heterocycles. The van der Waals surface area contributed by atoms with Gasteiger partial charge in [0.1, 0.15) is 5.60 Å². The van der Waals surface area contributed by atoms with Crippen LogP contribution in [0.25, 0.3) is 0 Å². The lowest BCUT2D eigenvalue weighted by Crippen LogP contribution is -2.48. The van der Waals surface area contributed by atoms with Crippen molar-refractivity contribution < 1.29 is 9.53 Å². The van der Waals surface area contributed by atoms with E-state index in [1.165, 1.54) is 12.8 Å². The van der Waals surface area contributed by atoms with Crippen LogP contribution in [0.1, 0.15) is 67.7 Å². The summed E-state index contributed by atoms with van der Waals surface area (Å²) < 4.78 is 5.30. The third-order valence-corrected chi connectivity index (χ3v) is 4.22. The quantitative estimate of drug-likeness (QED) is 0.753. The molecule has 1 fully saturated rings. The molecule has 1 rings (SSSR count). The van der Waals surface area contributed by atoms with E-state index in [1.807, 2.05) is 20.8 Å². The van der Waals surface area contributed by atoms with Crippen LogP contribution in [0.2, 0.25) is 0 Å². The largest absolute Gasteiger partial charge is 0.444 e. The summed E-state index contributed by atoms with van der Waals surface area (Å²) in [5.41, 5.74) is 0.000978. The topological polar surface area (TPSA) is 50.4 Å². The number of nitrogens with one attached hydrogen (secondary N) is 2. The summed E-state index contributed by atoms with van der Waals surface area (Å²) in [6, 6.07) is 0.784. The Morgan fingerprint density at radius 3 is 2.24 bits per heavy atom. The SMILES string of the molecule is CC(C)CC(CNC(=O)OC(C)(C)C)NC(C)C1(C)CC1. The minimum absolute atomic E-state index is 0.296. The number of hydrogen-bond acceptors (Lipinski definition) is 3. The predicted octanol–water partition coefficient (Wildman–Crippen LogP) is 3.70. The molecule has 124 valence electrons. The summed E-state index contributed by atoms with van der Waals surface area (Å²) >= 11 is 0. The average molecular weight is 298 g/mol. The van der Waals surface area contributed by atoms with Gasteiger partial charge in [-0.3, -0.25) is 0 Å². The van der Waals surface area contributed by atoms with Crippen molar-refractivity contribution in [1.82, 2.24) is 10.6 Å². The molecule has 0 aromatic rings. The van der Waals surface area contributed by atoms with E-state index in [4.69, 9.17) is 4.74 Å². The highest BCUT2D eigenvalue weighted by Crippen LogP contribution is 2.48. The Hall–Kier alpha value is -0.770. The molecule has 21 heavy (non-hydrogen) atoms. The second-order valence-corrected chi connectivity index (χ2v) is 8.25. The molecule has 2 N–H and O–H groups in total. The normalized spacial score (nSPS) is 20.0. The molecule has 4 heteroatoms. The maximum Gasteiger partial charge on any atom is 0.407 e. The molecule has 0 aromatic carbocycles. The molecule has 0 bridgehead atoms. The first kappa shape index (κ1) is 18.3. The summed E-state index contributed by atoms with van der Waals surface area (Å²) in [5, 5.41) is 6.60. The van der Waals surface area contributed by atoms with E-state index >= 15 is 0 Å². The molecule has 4 nitrogen and oxygen atoms in total. The van der Waals surface area contributed by atoms with Gasteiger partial charge in [-0.15, -0.1) is 0 Å². The zero-order chi connectivity index (χ0) is 16.3. The van der Waals surface area contributed by atoms with Crippen LogP contribution in [0.15, 0.2) is 0 Å². The molecule has 0 spiro atoms. The van der Waals surface area contributed by atoms with Gasteiger partial charge >= 0.3 is 6.09 Å². The highest BCUT2D eigenvalue weighted by Gasteiger charge is 2.42. The van der Waals surface area contributed by atoms with Crippen molar-refractivity contribution in [1.29, 1.82) is 0 Å². The van der Waals surface area contributed by atoms with E-state index in [0.717, 1.165) is 6.42 Å². The Labute approximate surface area is 130 Å². The maximum absolute atomic E-state index is 11.8. The minimum atomic E-state index is -0.445. The summed E-state index contributed by atoms with van der Waals surface area (Å²) in [4.78, 5) is 11.8. The van der Waals surface area contributed by atoms with E-state index in [2.05, 4.69) is 38.3 Å². The van der Waals surface area contributed by atoms with Gasteiger partial charge in [0, 0.05) is 18.6 Å². The third-order valence-electron chi connectivity index (χ3n) is 4.22. The zero-order valence-electron chi connectivity index (χ0n) is 14.9. The van der Waals surface area contributed by atoms with E-state index < -0.39 is 5.60 Å². The van der Waals surface area contributed by atoms with Crippen LogP contribution in [0.4, 0.5) is 4.79 Å². The lowest BCUT2D eigenvalue weighted by Gasteiger charge is -2.29. The van der Waals surface area contributed by atoms with Gasteiger partial charge in [0.2, 0.25) is 0 Å². The third kappa shape index (κ3) is 7.16. The molecular formula is C17H34N2O2. The van der Waals surface area contributed by atoms with Crippen LogP contribution in [-0.2, 0) is 4.74 Å². The first-order valence-corrected chi connectivity index (χ1v) is 8.25. The van der Waals surface area contributed by atoms with Gasteiger partial charge in [-0.05, 0) is 58.3 Å². The van der Waals surface area contributed by atoms with Crippen LogP contribution in [-0.4, -0.2) is 30.3 Å². The Balaban J connectivity index is 2.44. The van der Waals surface area contributed by atoms with Crippen LogP contribution in [0.3, 0.4) is 0 Å². The minimum Gasteiger partial charge on any atom is -0.444 e. The van der Waals surface area contributed by atoms with Crippen LogP contribution in [0, 0.1) is 11.3 Å². The number of carbonyl (C=O) groups excluding carboxylic acids is 1. The summed E-state index contributed by atoms with van der Waals surface area (Å²) in [6.07, 6.45) is 3.32. The fourth-order valence-electron chi connectivity index (χ4n) is 2.48. The van der Waals surface area contributed by atoms with Crippen LogP contribution >= 0.6 is 0 Å². The molecular weight excluding hydrogens is 264 g/mol. The zero-order valence-corrected chi connectivity index (χ0v) is 14.9. The molecule has 1 aliphatic rings. The molecule has 1 aliphatic carbocycles. The average Bonchev–Trinajstić information content (AvgIpc) is 3.02. The fourth-order valence-corrected chi connectivity index (χ4v) is 2.48. The van der Waals surface area contributed by atoms with Crippen molar-refractivity contribution >= 4 is 6.09 Å². The molecule has 2 atom stereocenters. The van der Waals surface area contributed by atoms with Gasteiger partial charge in [0.05, 0.1) is 0 Å². The standard InChI is InChI=1S/C17H34N2O2/c1-12(2)10-14(19-13(3)17(7)8-9-17)11-18-15(20)21-16(4,5)6/h12-14,19H,8-11H2,1-7H3,(H,18,20).